The summed E-state index contributed by atoms with van der Waals surface area (Å²) in [6.07, 6.45) is 23.6. The normalized spacial score (nSPS) is 12.0. The Morgan fingerprint density at radius 2 is 0.692 bits per heavy atom. The smallest absolute Gasteiger partial charge is 0.337 e. The van der Waals surface area contributed by atoms with Crippen LogP contribution in [-0.4, -0.2) is 22.8 Å². The summed E-state index contributed by atoms with van der Waals surface area (Å²) in [5.74, 6) is 0. The summed E-state index contributed by atoms with van der Waals surface area (Å²) in [7, 11) is 1.85. The van der Waals surface area contributed by atoms with Gasteiger partial charge in [0.05, 0.1) is 0 Å². The van der Waals surface area contributed by atoms with E-state index in [1.165, 1.54) is 121 Å². The second-order valence-corrected chi connectivity index (χ2v) is 11.8. The van der Waals surface area contributed by atoms with Gasteiger partial charge in [-0.3, -0.25) is 0 Å². The van der Waals surface area contributed by atoms with Crippen molar-refractivity contribution in [3.63, 3.8) is 0 Å². The molecule has 0 rings (SSSR count). The van der Waals surface area contributed by atoms with Gasteiger partial charge >= 0.3 is 8.56 Å². The van der Waals surface area contributed by atoms with Crippen molar-refractivity contribution in [3.8, 4) is 0 Å². The Hall–Kier alpha value is 0.137. The van der Waals surface area contributed by atoms with Gasteiger partial charge in [-0.05, 0) is 12.1 Å². The molecule has 0 aromatic rings. The zero-order chi connectivity index (χ0) is 19.3. The highest BCUT2D eigenvalue weighted by Crippen LogP contribution is 2.25. The molecule has 0 aliphatic heterocycles. The van der Waals surface area contributed by atoms with Gasteiger partial charge in [0.1, 0.15) is 0 Å². The van der Waals surface area contributed by atoms with Gasteiger partial charge in [0.2, 0.25) is 0 Å². The molecular formula is C23H50O2Si. The van der Waals surface area contributed by atoms with E-state index in [9.17, 15) is 0 Å². The average Bonchev–Trinajstić information content (AvgIpc) is 2.67. The summed E-state index contributed by atoms with van der Waals surface area (Å²) in [6.45, 7) is 4.57. The fourth-order valence-electron chi connectivity index (χ4n) is 3.85. The van der Waals surface area contributed by atoms with Crippen LogP contribution in [0.3, 0.4) is 0 Å². The Morgan fingerprint density at radius 3 is 0.962 bits per heavy atom. The van der Waals surface area contributed by atoms with E-state index < -0.39 is 8.56 Å². The monoisotopic (exact) mass is 386 g/mol. The first-order valence-electron chi connectivity index (χ1n) is 11.8. The molecule has 0 unspecified atom stereocenters. The summed E-state index contributed by atoms with van der Waals surface area (Å²) in [4.78, 5) is 0. The molecule has 0 heterocycles. The summed E-state index contributed by atoms with van der Waals surface area (Å²) in [5, 5.41) is 0. The van der Waals surface area contributed by atoms with Crippen LogP contribution in [0.4, 0.5) is 0 Å². The fourth-order valence-corrected chi connectivity index (χ4v) is 6.66. The van der Waals surface area contributed by atoms with Crippen LogP contribution >= 0.6 is 0 Å². The molecule has 0 spiro atoms. The SMILES string of the molecule is CCCCCCCCCCCCCC[Si](CCCCCCC)(OC)OC. The molecule has 0 N–H and O–H groups in total. The van der Waals surface area contributed by atoms with E-state index in [-0.39, 0.29) is 0 Å². The van der Waals surface area contributed by atoms with E-state index in [1.54, 1.807) is 0 Å². The molecule has 3 heteroatoms. The summed E-state index contributed by atoms with van der Waals surface area (Å²) < 4.78 is 11.8. The Labute approximate surface area is 167 Å². The van der Waals surface area contributed by atoms with Crippen LogP contribution in [0.1, 0.15) is 123 Å². The van der Waals surface area contributed by atoms with Crippen LogP contribution in [0.5, 0.6) is 0 Å². The van der Waals surface area contributed by atoms with Crippen LogP contribution in [-0.2, 0) is 8.85 Å². The quantitative estimate of drug-likeness (QED) is 0.146. The van der Waals surface area contributed by atoms with Gasteiger partial charge in [0, 0.05) is 14.2 Å². The molecule has 0 saturated carbocycles. The Bertz CT molecular complexity index is 267. The molecule has 0 aromatic heterocycles. The van der Waals surface area contributed by atoms with Gasteiger partial charge in [-0.1, -0.05) is 123 Å². The predicted octanol–water partition coefficient (Wildman–Crippen LogP) is 8.39. The van der Waals surface area contributed by atoms with Crippen molar-refractivity contribution in [1.82, 2.24) is 0 Å². The fraction of sp³-hybridized carbons (Fsp3) is 1.00. The van der Waals surface area contributed by atoms with Crippen molar-refractivity contribution in [2.45, 2.75) is 135 Å². The highest BCUT2D eigenvalue weighted by Gasteiger charge is 2.33. The molecule has 158 valence electrons. The lowest BCUT2D eigenvalue weighted by atomic mass is 10.1. The molecule has 0 amide bonds. The van der Waals surface area contributed by atoms with E-state index in [0.717, 1.165) is 0 Å². The van der Waals surface area contributed by atoms with E-state index >= 15 is 0 Å². The van der Waals surface area contributed by atoms with Crippen LogP contribution in [0.25, 0.3) is 0 Å². The van der Waals surface area contributed by atoms with Crippen molar-refractivity contribution >= 4 is 8.56 Å². The maximum absolute atomic E-state index is 5.91. The standard InChI is InChI=1S/C23H50O2Si/c1-5-7-9-11-12-13-14-15-16-17-19-21-23-26(24-3,25-4)22-20-18-10-8-6-2/h5-23H2,1-4H3. The summed E-state index contributed by atoms with van der Waals surface area (Å²) in [6, 6.07) is 2.37. The molecular weight excluding hydrogens is 336 g/mol. The number of unbranched alkanes of at least 4 members (excludes halogenated alkanes) is 15. The summed E-state index contributed by atoms with van der Waals surface area (Å²) >= 11 is 0. The molecule has 0 radical (unpaired) electrons. The van der Waals surface area contributed by atoms with Crippen molar-refractivity contribution in [1.29, 1.82) is 0 Å². The maximum Gasteiger partial charge on any atom is 0.337 e. The first-order valence-corrected chi connectivity index (χ1v) is 14.1. The minimum Gasteiger partial charge on any atom is -0.398 e. The van der Waals surface area contributed by atoms with Crippen molar-refractivity contribution in [2.75, 3.05) is 14.2 Å². The molecule has 2 nitrogen and oxygen atoms in total. The Balaban J connectivity index is 3.58. The predicted molar refractivity (Wildman–Crippen MR) is 119 cm³/mol. The van der Waals surface area contributed by atoms with Gasteiger partial charge in [0.25, 0.3) is 0 Å². The number of rotatable bonds is 21. The largest absolute Gasteiger partial charge is 0.398 e. The number of hydrogen-bond donors (Lipinski definition) is 0. The van der Waals surface area contributed by atoms with Gasteiger partial charge in [-0.25, -0.2) is 0 Å². The first-order chi connectivity index (χ1) is 12.7. The van der Waals surface area contributed by atoms with Gasteiger partial charge in [-0.2, -0.15) is 0 Å². The van der Waals surface area contributed by atoms with Crippen LogP contribution in [0.15, 0.2) is 0 Å². The lowest BCUT2D eigenvalue weighted by Gasteiger charge is -2.27. The zero-order valence-corrected chi connectivity index (χ0v) is 19.8. The molecule has 26 heavy (non-hydrogen) atoms. The molecule has 0 aliphatic rings. The molecule has 0 aromatic carbocycles. The van der Waals surface area contributed by atoms with E-state index in [0.29, 0.717) is 0 Å². The van der Waals surface area contributed by atoms with E-state index in [1.807, 2.05) is 14.2 Å². The molecule has 0 bridgehead atoms. The highest BCUT2D eigenvalue weighted by molar-refractivity contribution is 6.67. The minimum absolute atomic E-state index is 1.18. The average molecular weight is 387 g/mol. The Kier molecular flexibility index (Phi) is 20.0. The molecule has 0 saturated heterocycles. The lowest BCUT2D eigenvalue weighted by molar-refractivity contribution is 0.238. The van der Waals surface area contributed by atoms with Gasteiger partial charge in [0.15, 0.2) is 0 Å². The molecule has 0 atom stereocenters. The van der Waals surface area contributed by atoms with E-state index in [4.69, 9.17) is 8.85 Å². The lowest BCUT2D eigenvalue weighted by Crippen LogP contribution is -2.39. The van der Waals surface area contributed by atoms with E-state index in [2.05, 4.69) is 13.8 Å². The van der Waals surface area contributed by atoms with Crippen molar-refractivity contribution in [2.24, 2.45) is 0 Å². The van der Waals surface area contributed by atoms with Crippen molar-refractivity contribution < 1.29 is 8.85 Å². The van der Waals surface area contributed by atoms with Gasteiger partial charge in [-0.15, -0.1) is 0 Å². The molecule has 0 aliphatic carbocycles. The number of hydrogen-bond acceptors (Lipinski definition) is 2. The topological polar surface area (TPSA) is 18.5 Å². The van der Waals surface area contributed by atoms with Crippen LogP contribution in [0.2, 0.25) is 12.1 Å². The molecule has 0 fully saturated rings. The highest BCUT2D eigenvalue weighted by atomic mass is 28.4. The van der Waals surface area contributed by atoms with Crippen LogP contribution < -0.4 is 0 Å². The second kappa shape index (κ2) is 19.9. The third-order valence-electron chi connectivity index (χ3n) is 5.82. The summed E-state index contributed by atoms with van der Waals surface area (Å²) in [5.41, 5.74) is 0. The first kappa shape index (κ1) is 26.1. The zero-order valence-electron chi connectivity index (χ0n) is 18.8. The van der Waals surface area contributed by atoms with Gasteiger partial charge < -0.3 is 8.85 Å². The van der Waals surface area contributed by atoms with Crippen LogP contribution in [0, 0.1) is 0 Å². The second-order valence-electron chi connectivity index (χ2n) is 8.12. The Morgan fingerprint density at radius 1 is 0.423 bits per heavy atom. The maximum atomic E-state index is 5.91. The minimum atomic E-state index is -1.90. The third-order valence-corrected chi connectivity index (χ3v) is 9.54. The van der Waals surface area contributed by atoms with Crippen molar-refractivity contribution in [3.05, 3.63) is 0 Å². The third kappa shape index (κ3) is 15.2.